The molecule has 2 atom stereocenters. The van der Waals surface area contributed by atoms with Gasteiger partial charge in [0.25, 0.3) is 5.56 Å². The van der Waals surface area contributed by atoms with Crippen LogP contribution in [0.25, 0.3) is 5.52 Å². The lowest BCUT2D eigenvalue weighted by Gasteiger charge is -2.43. The van der Waals surface area contributed by atoms with Crippen molar-refractivity contribution in [2.75, 3.05) is 18.0 Å². The Bertz CT molecular complexity index is 988. The van der Waals surface area contributed by atoms with Crippen molar-refractivity contribution in [3.63, 3.8) is 0 Å². The highest BCUT2D eigenvalue weighted by Crippen LogP contribution is 2.37. The topological polar surface area (TPSA) is 55.4 Å². The molecular formula is C18H19N5O. The van der Waals surface area contributed by atoms with Gasteiger partial charge in [-0.15, -0.1) is 0 Å². The second-order valence-electron chi connectivity index (χ2n) is 6.97. The molecule has 0 N–H and O–H groups in total. The van der Waals surface area contributed by atoms with Crippen LogP contribution in [0.1, 0.15) is 23.7 Å². The molecule has 0 radical (unpaired) electrons. The van der Waals surface area contributed by atoms with Crippen molar-refractivity contribution in [1.29, 1.82) is 0 Å². The summed E-state index contributed by atoms with van der Waals surface area (Å²) in [5.41, 5.74) is 3.35. The third-order valence-corrected chi connectivity index (χ3v) is 5.27. The lowest BCUT2D eigenvalue weighted by atomic mass is 9.83. The summed E-state index contributed by atoms with van der Waals surface area (Å²) in [6, 6.07) is 7.74. The molecular weight excluding hydrogens is 302 g/mol. The van der Waals surface area contributed by atoms with Gasteiger partial charge in [-0.1, -0.05) is 6.07 Å². The molecule has 1 saturated heterocycles. The largest absolute Gasteiger partial charge is 0.354 e. The molecule has 0 unspecified atom stereocenters. The first-order valence-electron chi connectivity index (χ1n) is 8.45. The third-order valence-electron chi connectivity index (χ3n) is 5.27. The van der Waals surface area contributed by atoms with Crippen molar-refractivity contribution in [1.82, 2.24) is 19.2 Å². The smallest absolute Gasteiger partial charge is 0.250 e. The van der Waals surface area contributed by atoms with Crippen LogP contribution in [-0.4, -0.2) is 32.3 Å². The molecule has 0 saturated carbocycles. The van der Waals surface area contributed by atoms with Crippen LogP contribution in [0.5, 0.6) is 0 Å². The zero-order valence-electron chi connectivity index (χ0n) is 13.6. The van der Waals surface area contributed by atoms with Crippen LogP contribution in [0.15, 0.2) is 41.5 Å². The van der Waals surface area contributed by atoms with E-state index in [9.17, 15) is 4.79 Å². The molecule has 2 aliphatic rings. The van der Waals surface area contributed by atoms with E-state index in [0.29, 0.717) is 11.8 Å². The van der Waals surface area contributed by atoms with Gasteiger partial charge in [0.1, 0.15) is 5.52 Å². The fourth-order valence-electron chi connectivity index (χ4n) is 4.34. The minimum absolute atomic E-state index is 0.127. The number of hydrogen-bond donors (Lipinski definition) is 0. The Kier molecular flexibility index (Phi) is 2.83. The van der Waals surface area contributed by atoms with Crippen molar-refractivity contribution in [2.24, 2.45) is 5.92 Å². The molecule has 6 heteroatoms. The number of hydrogen-bond acceptors (Lipinski definition) is 4. The Morgan fingerprint density at radius 1 is 1.21 bits per heavy atom. The number of piperidine rings is 1. The number of nitrogens with zero attached hydrogens (tertiary/aromatic N) is 5. The molecule has 3 aromatic rings. The van der Waals surface area contributed by atoms with E-state index in [4.69, 9.17) is 0 Å². The van der Waals surface area contributed by atoms with Crippen LogP contribution < -0.4 is 10.5 Å². The van der Waals surface area contributed by atoms with Gasteiger partial charge in [0.05, 0.1) is 5.69 Å². The minimum Gasteiger partial charge on any atom is -0.354 e. The molecule has 5 heterocycles. The molecule has 24 heavy (non-hydrogen) atoms. The van der Waals surface area contributed by atoms with Crippen LogP contribution >= 0.6 is 0 Å². The van der Waals surface area contributed by atoms with E-state index in [1.54, 1.807) is 6.07 Å². The molecule has 2 bridgehead atoms. The monoisotopic (exact) mass is 321 g/mol. The van der Waals surface area contributed by atoms with Gasteiger partial charge in [0.2, 0.25) is 0 Å². The van der Waals surface area contributed by atoms with Crippen LogP contribution in [0.4, 0.5) is 5.82 Å². The minimum atomic E-state index is 0.127. The van der Waals surface area contributed by atoms with Crippen LogP contribution in [0.3, 0.4) is 0 Å². The predicted molar refractivity (Wildman–Crippen MR) is 91.5 cm³/mol. The second kappa shape index (κ2) is 4.93. The Balaban J connectivity index is 1.57. The summed E-state index contributed by atoms with van der Waals surface area (Å²) in [6.07, 6.45) is 4.87. The first kappa shape index (κ1) is 13.8. The van der Waals surface area contributed by atoms with E-state index in [1.807, 2.05) is 34.5 Å². The molecule has 6 nitrogen and oxygen atoms in total. The number of aromatic nitrogens is 4. The normalized spacial score (nSPS) is 22.6. The highest BCUT2D eigenvalue weighted by Gasteiger charge is 2.35. The van der Waals surface area contributed by atoms with Gasteiger partial charge in [0.15, 0.2) is 5.82 Å². The van der Waals surface area contributed by atoms with E-state index in [1.165, 1.54) is 5.69 Å². The molecule has 2 aliphatic heterocycles. The Morgan fingerprint density at radius 2 is 2.12 bits per heavy atom. The number of pyridine rings is 1. The molecule has 1 fully saturated rings. The fraction of sp³-hybridized carbons (Fsp3) is 0.389. The Labute approximate surface area is 139 Å². The first-order valence-corrected chi connectivity index (χ1v) is 8.45. The van der Waals surface area contributed by atoms with E-state index in [0.717, 1.165) is 43.1 Å². The summed E-state index contributed by atoms with van der Waals surface area (Å²) in [4.78, 5) is 19.2. The molecule has 0 amide bonds. The standard InChI is InChI=1S/C18H19N5O/c1-12-7-16-18(19-5-6-23(16)20-12)21-9-13-8-14(11-21)15-3-2-4-17(24)22(15)10-13/h2-7,13-14H,8-11H2,1H3/t13-,14+/m0/s1. The summed E-state index contributed by atoms with van der Waals surface area (Å²) in [6.45, 7) is 4.65. The maximum absolute atomic E-state index is 12.1. The maximum Gasteiger partial charge on any atom is 0.250 e. The van der Waals surface area contributed by atoms with Crippen molar-refractivity contribution in [3.05, 3.63) is 58.4 Å². The van der Waals surface area contributed by atoms with Crippen molar-refractivity contribution < 1.29 is 0 Å². The Hall–Kier alpha value is -2.63. The predicted octanol–water partition coefficient (Wildman–Crippen LogP) is 1.82. The highest BCUT2D eigenvalue weighted by molar-refractivity contribution is 5.69. The van der Waals surface area contributed by atoms with Crippen LogP contribution in [0, 0.1) is 12.8 Å². The molecule has 0 spiro atoms. The molecule has 0 aromatic carbocycles. The van der Waals surface area contributed by atoms with Crippen molar-refractivity contribution in [3.8, 4) is 0 Å². The van der Waals surface area contributed by atoms with Crippen LogP contribution in [-0.2, 0) is 6.54 Å². The average Bonchev–Trinajstić information content (AvgIpc) is 2.96. The van der Waals surface area contributed by atoms with Gasteiger partial charge < -0.3 is 9.47 Å². The quantitative estimate of drug-likeness (QED) is 0.686. The zero-order chi connectivity index (χ0) is 16.3. The van der Waals surface area contributed by atoms with E-state index in [2.05, 4.69) is 27.1 Å². The van der Waals surface area contributed by atoms with Gasteiger partial charge in [0, 0.05) is 49.7 Å². The van der Waals surface area contributed by atoms with Crippen LogP contribution in [0.2, 0.25) is 0 Å². The zero-order valence-corrected chi connectivity index (χ0v) is 13.6. The molecule has 0 aliphatic carbocycles. The summed E-state index contributed by atoms with van der Waals surface area (Å²) in [7, 11) is 0. The summed E-state index contributed by atoms with van der Waals surface area (Å²) >= 11 is 0. The van der Waals surface area contributed by atoms with Gasteiger partial charge in [-0.2, -0.15) is 5.10 Å². The van der Waals surface area contributed by atoms with Gasteiger partial charge in [-0.3, -0.25) is 4.79 Å². The summed E-state index contributed by atoms with van der Waals surface area (Å²) in [5, 5.41) is 4.49. The highest BCUT2D eigenvalue weighted by atomic mass is 16.1. The molecule has 5 rings (SSSR count). The lowest BCUT2D eigenvalue weighted by Crippen LogP contribution is -2.47. The molecule has 122 valence electrons. The van der Waals surface area contributed by atoms with Crippen molar-refractivity contribution in [2.45, 2.75) is 25.8 Å². The molecule has 3 aromatic heterocycles. The van der Waals surface area contributed by atoms with Gasteiger partial charge in [-0.25, -0.2) is 9.50 Å². The average molecular weight is 321 g/mol. The summed E-state index contributed by atoms with van der Waals surface area (Å²) < 4.78 is 3.87. The van der Waals surface area contributed by atoms with E-state index < -0.39 is 0 Å². The number of fused-ring (bicyclic) bond motifs is 5. The Morgan fingerprint density at radius 3 is 3.04 bits per heavy atom. The van der Waals surface area contributed by atoms with Gasteiger partial charge >= 0.3 is 0 Å². The SMILES string of the molecule is Cc1cc2c(N3C[C@@H]4C[C@H](C3)c3cccc(=O)n3C4)nccn2n1. The lowest BCUT2D eigenvalue weighted by molar-refractivity contribution is 0.281. The second-order valence-corrected chi connectivity index (χ2v) is 6.97. The summed E-state index contributed by atoms with van der Waals surface area (Å²) in [5.74, 6) is 1.87. The number of anilines is 1. The third kappa shape index (κ3) is 1.99. The maximum atomic E-state index is 12.1. The van der Waals surface area contributed by atoms with Gasteiger partial charge in [-0.05, 0) is 31.4 Å². The van der Waals surface area contributed by atoms with E-state index >= 15 is 0 Å². The van der Waals surface area contributed by atoms with Crippen molar-refractivity contribution >= 4 is 11.3 Å². The number of aryl methyl sites for hydroxylation is 1. The first-order chi connectivity index (χ1) is 11.7. The van der Waals surface area contributed by atoms with E-state index in [-0.39, 0.29) is 5.56 Å². The number of rotatable bonds is 1. The fourth-order valence-corrected chi connectivity index (χ4v) is 4.34.